The zero-order valence-electron chi connectivity index (χ0n) is 21.7. The van der Waals surface area contributed by atoms with E-state index < -0.39 is 17.6 Å². The number of carbonyl (C=O) groups is 1. The van der Waals surface area contributed by atoms with Crippen LogP contribution in [0.3, 0.4) is 0 Å². The number of hydrogen-bond acceptors (Lipinski definition) is 6. The number of likely N-dealkylation sites (tertiary alicyclic amines) is 1. The number of pyridine rings is 1. The summed E-state index contributed by atoms with van der Waals surface area (Å²) in [5.41, 5.74) is 1.85. The van der Waals surface area contributed by atoms with Crippen LogP contribution in [0.2, 0.25) is 10.0 Å². The van der Waals surface area contributed by atoms with Crippen molar-refractivity contribution in [2.45, 2.75) is 31.9 Å². The molecule has 0 saturated carbocycles. The molecule has 1 N–H and O–H groups in total. The highest BCUT2D eigenvalue weighted by atomic mass is 35.5. The molecule has 1 aliphatic rings. The van der Waals surface area contributed by atoms with Crippen molar-refractivity contribution in [2.24, 2.45) is 0 Å². The molecule has 1 aromatic carbocycles. The third-order valence-corrected chi connectivity index (χ3v) is 7.51. The Balaban J connectivity index is 1.32. The second kappa shape index (κ2) is 11.0. The molecule has 5 rings (SSSR count). The van der Waals surface area contributed by atoms with Gasteiger partial charge in [-0.15, -0.1) is 4.73 Å². The predicted octanol–water partition coefficient (Wildman–Crippen LogP) is 3.95. The summed E-state index contributed by atoms with van der Waals surface area (Å²) in [6.45, 7) is 3.41. The number of piperidine rings is 1. The molecule has 0 aliphatic carbocycles. The quantitative estimate of drug-likeness (QED) is 0.335. The van der Waals surface area contributed by atoms with E-state index >= 15 is 0 Å². The number of carbonyl (C=O) groups excluding carboxylic acids is 1. The maximum Gasteiger partial charge on any atom is 0.360 e. The van der Waals surface area contributed by atoms with Crippen molar-refractivity contribution < 1.29 is 14.0 Å². The van der Waals surface area contributed by atoms with Crippen LogP contribution in [0, 0.1) is 5.82 Å². The summed E-state index contributed by atoms with van der Waals surface area (Å²) in [5, 5.41) is 4.61. The zero-order chi connectivity index (χ0) is 27.8. The normalized spacial score (nSPS) is 15.3. The lowest BCUT2D eigenvalue weighted by atomic mass is 10.1. The van der Waals surface area contributed by atoms with Gasteiger partial charge in [-0.25, -0.2) is 14.2 Å². The Bertz CT molecular complexity index is 1570. The molecular weight excluding hydrogens is 548 g/mol. The van der Waals surface area contributed by atoms with Gasteiger partial charge in [0.15, 0.2) is 11.8 Å². The first-order valence-electron chi connectivity index (χ1n) is 12.5. The molecule has 39 heavy (non-hydrogen) atoms. The van der Waals surface area contributed by atoms with Crippen LogP contribution in [-0.2, 0) is 4.79 Å². The summed E-state index contributed by atoms with van der Waals surface area (Å²) in [6, 6.07) is 6.22. The van der Waals surface area contributed by atoms with E-state index in [0.29, 0.717) is 36.5 Å². The molecule has 1 unspecified atom stereocenters. The Morgan fingerprint density at radius 1 is 1.23 bits per heavy atom. The molecule has 1 atom stereocenters. The second-order valence-electron chi connectivity index (χ2n) is 9.85. The average Bonchev–Trinajstić information content (AvgIpc) is 3.51. The standard InChI is InChI=1S/C26H28Cl2FN7O3/c1-15(23-18(27)4-5-19(29)24(23)28)39-36-21-7-6-20(31-25(21)32-26(36)38)16-12-30-35(13-16)17-8-10-34(11-9-17)22(37)14-33(2)3/h4-7,12-13,15,17H,8-11,14H2,1-3H3,(H,31,32,38). The lowest BCUT2D eigenvalue weighted by Gasteiger charge is -2.32. The van der Waals surface area contributed by atoms with Gasteiger partial charge in [-0.1, -0.05) is 23.2 Å². The average molecular weight is 576 g/mol. The van der Waals surface area contributed by atoms with Crippen LogP contribution in [0.1, 0.15) is 37.5 Å². The Labute approximate surface area is 233 Å². The summed E-state index contributed by atoms with van der Waals surface area (Å²) < 4.78 is 17.0. The first-order valence-corrected chi connectivity index (χ1v) is 13.3. The van der Waals surface area contributed by atoms with Crippen LogP contribution in [0.15, 0.2) is 41.5 Å². The summed E-state index contributed by atoms with van der Waals surface area (Å²) >= 11 is 12.3. The molecule has 206 valence electrons. The lowest BCUT2D eigenvalue weighted by molar-refractivity contribution is -0.133. The van der Waals surface area contributed by atoms with Gasteiger partial charge in [-0.05, 0) is 58.1 Å². The summed E-state index contributed by atoms with van der Waals surface area (Å²) in [6.07, 6.45) is 4.48. The van der Waals surface area contributed by atoms with E-state index in [1.54, 1.807) is 25.3 Å². The fourth-order valence-corrected chi connectivity index (χ4v) is 5.46. The van der Waals surface area contributed by atoms with Crippen molar-refractivity contribution in [3.8, 4) is 11.3 Å². The van der Waals surface area contributed by atoms with Crippen molar-refractivity contribution in [1.29, 1.82) is 0 Å². The van der Waals surface area contributed by atoms with Gasteiger partial charge in [0, 0.05) is 35.4 Å². The second-order valence-corrected chi connectivity index (χ2v) is 10.6. The third-order valence-electron chi connectivity index (χ3n) is 6.79. The van der Waals surface area contributed by atoms with Crippen molar-refractivity contribution in [2.75, 3.05) is 33.7 Å². The predicted molar refractivity (Wildman–Crippen MR) is 146 cm³/mol. The van der Waals surface area contributed by atoms with Crippen LogP contribution >= 0.6 is 23.2 Å². The fraction of sp³-hybridized carbons (Fsp3) is 0.385. The van der Waals surface area contributed by atoms with E-state index in [4.69, 9.17) is 28.0 Å². The largest absolute Gasteiger partial charge is 0.401 e. The summed E-state index contributed by atoms with van der Waals surface area (Å²) in [7, 11) is 3.77. The molecule has 4 heterocycles. The van der Waals surface area contributed by atoms with Gasteiger partial charge in [0.2, 0.25) is 5.91 Å². The van der Waals surface area contributed by atoms with Crippen molar-refractivity contribution in [1.82, 2.24) is 34.3 Å². The van der Waals surface area contributed by atoms with Gasteiger partial charge in [0.05, 0.1) is 29.5 Å². The summed E-state index contributed by atoms with van der Waals surface area (Å²) in [4.78, 5) is 41.9. The van der Waals surface area contributed by atoms with Crippen LogP contribution in [0.25, 0.3) is 22.4 Å². The maximum atomic E-state index is 14.0. The monoisotopic (exact) mass is 575 g/mol. The maximum absolute atomic E-state index is 14.0. The van der Waals surface area contributed by atoms with E-state index in [1.807, 2.05) is 34.8 Å². The van der Waals surface area contributed by atoms with Gasteiger partial charge in [0.25, 0.3) is 0 Å². The SMILES string of the molecule is CC(On1c(=O)[nH]c2nc(-c3cnn(C4CCN(C(=O)CN(C)C)CC4)c3)ccc21)c1c(Cl)ccc(F)c1Cl. The summed E-state index contributed by atoms with van der Waals surface area (Å²) in [5.74, 6) is -0.494. The number of nitrogens with zero attached hydrogens (tertiary/aromatic N) is 6. The van der Waals surface area contributed by atoms with Crippen LogP contribution < -0.4 is 10.5 Å². The number of imidazole rings is 1. The smallest absolute Gasteiger partial charge is 0.360 e. The Morgan fingerprint density at radius 3 is 2.69 bits per heavy atom. The molecule has 1 aliphatic heterocycles. The zero-order valence-corrected chi connectivity index (χ0v) is 23.2. The highest BCUT2D eigenvalue weighted by molar-refractivity contribution is 6.36. The lowest BCUT2D eigenvalue weighted by Crippen LogP contribution is -2.43. The highest BCUT2D eigenvalue weighted by Gasteiger charge is 2.25. The molecule has 1 fully saturated rings. The molecule has 1 saturated heterocycles. The molecule has 4 aromatic rings. The number of rotatable bonds is 7. The highest BCUT2D eigenvalue weighted by Crippen LogP contribution is 2.33. The van der Waals surface area contributed by atoms with Crippen LogP contribution in [-0.4, -0.2) is 73.9 Å². The molecule has 0 spiro atoms. The molecule has 0 radical (unpaired) electrons. The number of nitrogens with one attached hydrogen (secondary N) is 1. The molecule has 10 nitrogen and oxygen atoms in total. The number of aromatic nitrogens is 5. The van der Waals surface area contributed by atoms with Gasteiger partial charge in [-0.3, -0.25) is 14.5 Å². The third kappa shape index (κ3) is 5.52. The topological polar surface area (TPSA) is 101 Å². The Morgan fingerprint density at radius 2 is 1.97 bits per heavy atom. The van der Waals surface area contributed by atoms with E-state index in [2.05, 4.69) is 15.1 Å². The van der Waals surface area contributed by atoms with E-state index in [9.17, 15) is 14.0 Å². The molecule has 13 heteroatoms. The fourth-order valence-electron chi connectivity index (χ4n) is 4.78. The number of amides is 1. The minimum Gasteiger partial charge on any atom is -0.401 e. The molecule has 0 bridgehead atoms. The number of H-pyrrole nitrogens is 1. The van der Waals surface area contributed by atoms with Gasteiger partial charge in [-0.2, -0.15) is 5.10 Å². The number of hydrogen-bond donors (Lipinski definition) is 1. The van der Waals surface area contributed by atoms with E-state index in [-0.39, 0.29) is 27.6 Å². The number of benzene rings is 1. The number of fused-ring (bicyclic) bond motifs is 1. The Kier molecular flexibility index (Phi) is 7.66. The van der Waals surface area contributed by atoms with Crippen LogP contribution in [0.4, 0.5) is 4.39 Å². The first-order chi connectivity index (χ1) is 18.6. The first kappa shape index (κ1) is 27.2. The molecule has 1 amide bonds. The van der Waals surface area contributed by atoms with E-state index in [0.717, 1.165) is 23.1 Å². The van der Waals surface area contributed by atoms with Crippen LogP contribution in [0.5, 0.6) is 0 Å². The van der Waals surface area contributed by atoms with E-state index in [1.165, 1.54) is 12.1 Å². The van der Waals surface area contributed by atoms with Gasteiger partial charge >= 0.3 is 5.69 Å². The van der Waals surface area contributed by atoms with Gasteiger partial charge < -0.3 is 14.6 Å². The van der Waals surface area contributed by atoms with Crippen molar-refractivity contribution >= 4 is 40.3 Å². The number of aromatic amines is 1. The molecule has 3 aromatic heterocycles. The minimum atomic E-state index is -0.820. The van der Waals surface area contributed by atoms with Crippen molar-refractivity contribution in [3.05, 3.63) is 68.6 Å². The van der Waals surface area contributed by atoms with Gasteiger partial charge in [0.1, 0.15) is 11.3 Å². The molecular formula is C26H28Cl2FN7O3. The minimum absolute atomic E-state index is 0.138. The number of likely N-dealkylation sites (N-methyl/N-ethyl adjacent to an activating group) is 1. The number of halogens is 3. The Hall–Kier alpha value is -3.41. The van der Waals surface area contributed by atoms with Crippen molar-refractivity contribution in [3.63, 3.8) is 0 Å².